The zero-order chi connectivity index (χ0) is 17.8. The number of hydrogen-bond donors (Lipinski definition) is 2. The van der Waals surface area contributed by atoms with Crippen molar-refractivity contribution in [3.63, 3.8) is 0 Å². The van der Waals surface area contributed by atoms with Crippen molar-refractivity contribution in [2.45, 2.75) is 13.8 Å². The Bertz CT molecular complexity index is 759. The highest BCUT2D eigenvalue weighted by Gasteiger charge is 2.14. The lowest BCUT2D eigenvalue weighted by Gasteiger charge is -2.29. The predicted molar refractivity (Wildman–Crippen MR) is 97.3 cm³/mol. The molecule has 1 aromatic carbocycles. The lowest BCUT2D eigenvalue weighted by molar-refractivity contribution is 0.0941. The summed E-state index contributed by atoms with van der Waals surface area (Å²) in [5.41, 5.74) is 8.73. The molecule has 0 saturated carbocycles. The number of benzene rings is 1. The number of nitrogens with one attached hydrogen (secondary N) is 2. The molecule has 1 saturated heterocycles. The number of amides is 1. The fraction of sp³-hybridized carbons (Fsp3) is 0.316. The molecule has 0 atom stereocenters. The smallest absolute Gasteiger partial charge is 0.273 e. The van der Waals surface area contributed by atoms with Gasteiger partial charge in [-0.15, -0.1) is 0 Å². The van der Waals surface area contributed by atoms with Crippen molar-refractivity contribution in [2.75, 3.05) is 31.2 Å². The minimum Gasteiger partial charge on any atom is -0.466 e. The van der Waals surface area contributed by atoms with Gasteiger partial charge in [0, 0.05) is 18.8 Å². The SMILES string of the molecule is C=C(NNC(=O)c1cc(C)oc1C)c1ccc(N2CCOCC2)cc1. The first-order valence-electron chi connectivity index (χ1n) is 8.30. The molecule has 1 aliphatic rings. The first-order valence-corrected chi connectivity index (χ1v) is 8.30. The van der Waals surface area contributed by atoms with Crippen LogP contribution >= 0.6 is 0 Å². The molecule has 2 N–H and O–H groups in total. The molecule has 1 fully saturated rings. The molecule has 0 aliphatic carbocycles. The van der Waals surface area contributed by atoms with E-state index in [-0.39, 0.29) is 5.91 Å². The topological polar surface area (TPSA) is 66.7 Å². The van der Waals surface area contributed by atoms with E-state index < -0.39 is 0 Å². The highest BCUT2D eigenvalue weighted by atomic mass is 16.5. The van der Waals surface area contributed by atoms with E-state index in [2.05, 4.69) is 34.5 Å². The fourth-order valence-corrected chi connectivity index (χ4v) is 2.82. The van der Waals surface area contributed by atoms with E-state index in [1.165, 1.54) is 0 Å². The number of furan rings is 1. The van der Waals surface area contributed by atoms with Gasteiger partial charge in [-0.3, -0.25) is 15.6 Å². The molecule has 6 nitrogen and oxygen atoms in total. The summed E-state index contributed by atoms with van der Waals surface area (Å²) in [6.45, 7) is 10.9. The van der Waals surface area contributed by atoms with Gasteiger partial charge in [0.05, 0.1) is 24.5 Å². The quantitative estimate of drug-likeness (QED) is 0.819. The van der Waals surface area contributed by atoms with Crippen LogP contribution in [-0.2, 0) is 4.74 Å². The van der Waals surface area contributed by atoms with Crippen molar-refractivity contribution >= 4 is 17.3 Å². The minimum absolute atomic E-state index is 0.250. The number of rotatable bonds is 5. The van der Waals surface area contributed by atoms with Gasteiger partial charge in [-0.25, -0.2) is 0 Å². The van der Waals surface area contributed by atoms with Gasteiger partial charge < -0.3 is 14.1 Å². The number of nitrogens with zero attached hydrogens (tertiary/aromatic N) is 1. The number of aryl methyl sites for hydroxylation is 2. The Kier molecular flexibility index (Phi) is 5.09. The molecule has 6 heteroatoms. The summed E-state index contributed by atoms with van der Waals surface area (Å²) in [6.07, 6.45) is 0. The Morgan fingerprint density at radius 2 is 1.80 bits per heavy atom. The number of hydrogen-bond acceptors (Lipinski definition) is 5. The van der Waals surface area contributed by atoms with Crippen molar-refractivity contribution in [3.8, 4) is 0 Å². The van der Waals surface area contributed by atoms with E-state index in [1.807, 2.05) is 19.1 Å². The maximum atomic E-state index is 12.2. The van der Waals surface area contributed by atoms with Gasteiger partial charge in [-0.2, -0.15) is 0 Å². The summed E-state index contributed by atoms with van der Waals surface area (Å²) < 4.78 is 10.7. The summed E-state index contributed by atoms with van der Waals surface area (Å²) in [4.78, 5) is 14.5. The van der Waals surface area contributed by atoms with Crippen molar-refractivity contribution in [1.29, 1.82) is 0 Å². The van der Waals surface area contributed by atoms with E-state index in [0.29, 0.717) is 22.8 Å². The highest BCUT2D eigenvalue weighted by molar-refractivity contribution is 5.95. The van der Waals surface area contributed by atoms with Crippen LogP contribution in [0.4, 0.5) is 5.69 Å². The number of carbonyl (C=O) groups is 1. The third kappa shape index (κ3) is 4.03. The molecule has 1 amide bonds. The molecule has 132 valence electrons. The summed E-state index contributed by atoms with van der Waals surface area (Å²) in [5, 5.41) is 0. The molecule has 1 aromatic heterocycles. The third-order valence-corrected chi connectivity index (χ3v) is 4.20. The van der Waals surface area contributed by atoms with E-state index >= 15 is 0 Å². The van der Waals surface area contributed by atoms with Gasteiger partial charge in [0.2, 0.25) is 0 Å². The van der Waals surface area contributed by atoms with Crippen LogP contribution in [0.15, 0.2) is 41.3 Å². The van der Waals surface area contributed by atoms with Crippen LogP contribution in [0.1, 0.15) is 27.4 Å². The maximum absolute atomic E-state index is 12.2. The van der Waals surface area contributed by atoms with Gasteiger partial charge in [-0.1, -0.05) is 18.7 Å². The molecule has 3 rings (SSSR count). The lowest BCUT2D eigenvalue weighted by Crippen LogP contribution is -2.36. The fourth-order valence-electron chi connectivity index (χ4n) is 2.82. The average Bonchev–Trinajstić information content (AvgIpc) is 2.98. The second-order valence-electron chi connectivity index (χ2n) is 6.03. The Hall–Kier alpha value is -2.73. The Morgan fingerprint density at radius 3 is 2.40 bits per heavy atom. The first-order chi connectivity index (χ1) is 12.0. The van der Waals surface area contributed by atoms with Crippen molar-refractivity contribution in [3.05, 3.63) is 59.6 Å². The Balaban J connectivity index is 1.57. The molecule has 2 heterocycles. The zero-order valence-corrected chi connectivity index (χ0v) is 14.6. The molecular weight excluding hydrogens is 318 g/mol. The summed E-state index contributed by atoms with van der Waals surface area (Å²) >= 11 is 0. The van der Waals surface area contributed by atoms with E-state index in [9.17, 15) is 4.79 Å². The van der Waals surface area contributed by atoms with E-state index in [1.54, 1.807) is 13.0 Å². The Morgan fingerprint density at radius 1 is 1.12 bits per heavy atom. The molecule has 0 radical (unpaired) electrons. The van der Waals surface area contributed by atoms with Crippen molar-refractivity contribution in [1.82, 2.24) is 10.9 Å². The van der Waals surface area contributed by atoms with Crippen molar-refractivity contribution in [2.24, 2.45) is 0 Å². The second kappa shape index (κ2) is 7.44. The number of ether oxygens (including phenoxy) is 1. The third-order valence-electron chi connectivity index (χ3n) is 4.20. The largest absolute Gasteiger partial charge is 0.466 e. The van der Waals surface area contributed by atoms with Crippen LogP contribution < -0.4 is 15.8 Å². The molecule has 25 heavy (non-hydrogen) atoms. The highest BCUT2D eigenvalue weighted by Crippen LogP contribution is 2.19. The molecule has 0 bridgehead atoms. The molecule has 1 aliphatic heterocycles. The van der Waals surface area contributed by atoms with Crippen LogP contribution in [-0.4, -0.2) is 32.2 Å². The maximum Gasteiger partial charge on any atom is 0.273 e. The second-order valence-corrected chi connectivity index (χ2v) is 6.03. The Labute approximate surface area is 147 Å². The molecule has 0 unspecified atom stereocenters. The molecule has 2 aromatic rings. The molecule has 0 spiro atoms. The zero-order valence-electron chi connectivity index (χ0n) is 14.6. The first kappa shape index (κ1) is 17.1. The summed E-state index contributed by atoms with van der Waals surface area (Å²) in [6, 6.07) is 9.79. The van der Waals surface area contributed by atoms with Crippen LogP contribution in [0.3, 0.4) is 0 Å². The monoisotopic (exact) mass is 341 g/mol. The van der Waals surface area contributed by atoms with Crippen LogP contribution in [0.25, 0.3) is 5.70 Å². The summed E-state index contributed by atoms with van der Waals surface area (Å²) in [7, 11) is 0. The average molecular weight is 341 g/mol. The normalized spacial score (nSPS) is 14.2. The van der Waals surface area contributed by atoms with Gasteiger partial charge in [0.25, 0.3) is 5.91 Å². The number of carbonyl (C=O) groups excluding carboxylic acids is 1. The lowest BCUT2D eigenvalue weighted by atomic mass is 10.1. The number of anilines is 1. The van der Waals surface area contributed by atoms with Gasteiger partial charge in [0.15, 0.2) is 0 Å². The van der Waals surface area contributed by atoms with Gasteiger partial charge >= 0.3 is 0 Å². The predicted octanol–water partition coefficient (Wildman–Crippen LogP) is 2.64. The van der Waals surface area contributed by atoms with Crippen LogP contribution in [0.2, 0.25) is 0 Å². The minimum atomic E-state index is -0.250. The number of hydrazine groups is 1. The van der Waals surface area contributed by atoms with Crippen molar-refractivity contribution < 1.29 is 13.9 Å². The summed E-state index contributed by atoms with van der Waals surface area (Å²) in [5.74, 6) is 1.05. The van der Waals surface area contributed by atoms with Crippen LogP contribution in [0.5, 0.6) is 0 Å². The van der Waals surface area contributed by atoms with E-state index in [0.717, 1.165) is 37.6 Å². The van der Waals surface area contributed by atoms with E-state index in [4.69, 9.17) is 9.15 Å². The molecular formula is C19H23N3O3. The number of morpholine rings is 1. The van der Waals surface area contributed by atoms with Gasteiger partial charge in [0.1, 0.15) is 11.5 Å². The standard InChI is InChI=1S/C19H23N3O3/c1-13-12-18(15(3)25-13)19(23)21-20-14(2)16-4-6-17(7-5-16)22-8-10-24-11-9-22/h4-7,12,20H,2,8-11H2,1,3H3,(H,21,23). The van der Waals surface area contributed by atoms with Gasteiger partial charge in [-0.05, 0) is 37.6 Å². The van der Waals surface area contributed by atoms with Crippen LogP contribution in [0, 0.1) is 13.8 Å².